The van der Waals surface area contributed by atoms with Gasteiger partial charge in [0.2, 0.25) is 10.0 Å². The molecule has 8 nitrogen and oxygen atoms in total. The predicted octanol–water partition coefficient (Wildman–Crippen LogP) is 5.00. The van der Waals surface area contributed by atoms with Crippen LogP contribution in [0.4, 0.5) is 21.9 Å². The standard InChI is InChI=1S/C26H28N4O4S/c1-19-14-16-30(17-15-19)35(33,34)24-12-10-20(11-13-24)25(31)27-22-8-5-9-23(18-22)29-26(32)28-21-6-3-2-4-7-21/h2-13,18-19H,14-17H2,1H3,(H,27,31)(H2,28,29,32). The third-order valence-electron chi connectivity index (χ3n) is 5.91. The Morgan fingerprint density at radius 3 is 2.00 bits per heavy atom. The zero-order chi connectivity index (χ0) is 24.8. The van der Waals surface area contributed by atoms with Gasteiger partial charge in [0.25, 0.3) is 5.91 Å². The van der Waals surface area contributed by atoms with Crippen LogP contribution in [-0.2, 0) is 10.0 Å². The molecule has 9 heteroatoms. The van der Waals surface area contributed by atoms with Crippen molar-refractivity contribution in [2.45, 2.75) is 24.7 Å². The number of carbonyl (C=O) groups is 2. The van der Waals surface area contributed by atoms with Crippen LogP contribution >= 0.6 is 0 Å². The SMILES string of the molecule is CC1CCN(S(=O)(=O)c2ccc(C(=O)Nc3cccc(NC(=O)Nc4ccccc4)c3)cc2)CC1. The zero-order valence-electron chi connectivity index (χ0n) is 19.4. The molecule has 35 heavy (non-hydrogen) atoms. The molecule has 0 spiro atoms. The molecule has 3 N–H and O–H groups in total. The number of amides is 3. The molecule has 0 atom stereocenters. The summed E-state index contributed by atoms with van der Waals surface area (Å²) >= 11 is 0. The van der Waals surface area contributed by atoms with Crippen LogP contribution in [0.2, 0.25) is 0 Å². The third-order valence-corrected chi connectivity index (χ3v) is 7.82. The number of nitrogens with zero attached hydrogens (tertiary/aromatic N) is 1. The number of hydrogen-bond acceptors (Lipinski definition) is 4. The molecule has 3 aromatic carbocycles. The highest BCUT2D eigenvalue weighted by atomic mass is 32.2. The fourth-order valence-electron chi connectivity index (χ4n) is 3.85. The summed E-state index contributed by atoms with van der Waals surface area (Å²) in [6, 6.07) is 21.4. The summed E-state index contributed by atoms with van der Waals surface area (Å²) in [5.41, 5.74) is 1.99. The maximum absolute atomic E-state index is 12.9. The maximum Gasteiger partial charge on any atom is 0.323 e. The quantitative estimate of drug-likeness (QED) is 0.450. The molecule has 182 valence electrons. The van der Waals surface area contributed by atoms with E-state index in [1.54, 1.807) is 36.4 Å². The van der Waals surface area contributed by atoms with E-state index in [1.165, 1.54) is 28.6 Å². The zero-order valence-corrected chi connectivity index (χ0v) is 20.2. The number of hydrogen-bond donors (Lipinski definition) is 3. The number of anilines is 3. The average molecular weight is 493 g/mol. The van der Waals surface area contributed by atoms with Crippen molar-refractivity contribution in [3.63, 3.8) is 0 Å². The molecule has 1 fully saturated rings. The fourth-order valence-corrected chi connectivity index (χ4v) is 5.32. The summed E-state index contributed by atoms with van der Waals surface area (Å²) in [7, 11) is -3.57. The van der Waals surface area contributed by atoms with Crippen LogP contribution in [0, 0.1) is 5.92 Å². The van der Waals surface area contributed by atoms with Crippen molar-refractivity contribution in [3.8, 4) is 0 Å². The van der Waals surface area contributed by atoms with Crippen LogP contribution < -0.4 is 16.0 Å². The highest BCUT2D eigenvalue weighted by molar-refractivity contribution is 7.89. The minimum absolute atomic E-state index is 0.180. The van der Waals surface area contributed by atoms with Gasteiger partial charge in [-0.25, -0.2) is 13.2 Å². The lowest BCUT2D eigenvalue weighted by Gasteiger charge is -2.29. The first-order chi connectivity index (χ1) is 16.8. The number of carbonyl (C=O) groups excluding carboxylic acids is 2. The Morgan fingerprint density at radius 2 is 1.34 bits per heavy atom. The Bertz CT molecular complexity index is 1290. The molecule has 1 aliphatic rings. The predicted molar refractivity (Wildman–Crippen MR) is 137 cm³/mol. The van der Waals surface area contributed by atoms with Gasteiger partial charge in [-0.05, 0) is 73.4 Å². The van der Waals surface area contributed by atoms with Crippen LogP contribution in [0.3, 0.4) is 0 Å². The van der Waals surface area contributed by atoms with Crippen LogP contribution in [0.25, 0.3) is 0 Å². The molecule has 0 unspecified atom stereocenters. The highest BCUT2D eigenvalue weighted by Crippen LogP contribution is 2.24. The van der Waals surface area contributed by atoms with Crippen molar-refractivity contribution in [2.24, 2.45) is 5.92 Å². The van der Waals surface area contributed by atoms with E-state index in [4.69, 9.17) is 0 Å². The Morgan fingerprint density at radius 1 is 0.771 bits per heavy atom. The van der Waals surface area contributed by atoms with Gasteiger partial charge in [-0.15, -0.1) is 0 Å². The molecular formula is C26H28N4O4S. The molecule has 4 rings (SSSR count). The van der Waals surface area contributed by atoms with E-state index >= 15 is 0 Å². The molecule has 0 aliphatic carbocycles. The van der Waals surface area contributed by atoms with Crippen LogP contribution in [-0.4, -0.2) is 37.8 Å². The number of piperidine rings is 1. The lowest BCUT2D eigenvalue weighted by atomic mass is 10.0. The van der Waals surface area contributed by atoms with Gasteiger partial charge in [0, 0.05) is 35.7 Å². The van der Waals surface area contributed by atoms with Gasteiger partial charge < -0.3 is 16.0 Å². The third kappa shape index (κ3) is 6.26. The summed E-state index contributed by atoms with van der Waals surface area (Å²) < 4.78 is 27.3. The van der Waals surface area contributed by atoms with E-state index in [0.29, 0.717) is 41.6 Å². The van der Waals surface area contributed by atoms with Crippen molar-refractivity contribution < 1.29 is 18.0 Å². The minimum Gasteiger partial charge on any atom is -0.322 e. The summed E-state index contributed by atoms with van der Waals surface area (Å²) in [6.07, 6.45) is 1.70. The Kier molecular flexibility index (Phi) is 7.48. The molecule has 0 aromatic heterocycles. The number of urea groups is 1. The van der Waals surface area contributed by atoms with Crippen molar-refractivity contribution in [2.75, 3.05) is 29.0 Å². The second kappa shape index (κ2) is 10.7. The van der Waals surface area contributed by atoms with Gasteiger partial charge in [0.15, 0.2) is 0 Å². The number of nitrogens with one attached hydrogen (secondary N) is 3. The molecule has 0 radical (unpaired) electrons. The highest BCUT2D eigenvalue weighted by Gasteiger charge is 2.28. The molecule has 1 heterocycles. The van der Waals surface area contributed by atoms with Crippen molar-refractivity contribution in [3.05, 3.63) is 84.4 Å². The molecule has 1 saturated heterocycles. The summed E-state index contributed by atoms with van der Waals surface area (Å²) in [5.74, 6) is 0.145. The lowest BCUT2D eigenvalue weighted by Crippen LogP contribution is -2.37. The number of rotatable bonds is 6. The van der Waals surface area contributed by atoms with Crippen LogP contribution in [0.5, 0.6) is 0 Å². The van der Waals surface area contributed by atoms with E-state index in [0.717, 1.165) is 12.8 Å². The summed E-state index contributed by atoms with van der Waals surface area (Å²) in [5, 5.41) is 8.24. The van der Waals surface area contributed by atoms with E-state index < -0.39 is 16.1 Å². The molecular weight excluding hydrogens is 464 g/mol. The maximum atomic E-state index is 12.9. The van der Waals surface area contributed by atoms with Gasteiger partial charge in [0.1, 0.15) is 0 Å². The monoisotopic (exact) mass is 492 g/mol. The fraction of sp³-hybridized carbons (Fsp3) is 0.231. The second-order valence-corrected chi connectivity index (χ2v) is 10.5. The number of para-hydroxylation sites is 1. The summed E-state index contributed by atoms with van der Waals surface area (Å²) in [6.45, 7) is 3.15. The lowest BCUT2D eigenvalue weighted by molar-refractivity contribution is 0.102. The van der Waals surface area contributed by atoms with Crippen molar-refractivity contribution >= 4 is 39.0 Å². The van der Waals surface area contributed by atoms with Gasteiger partial charge in [-0.3, -0.25) is 4.79 Å². The van der Waals surface area contributed by atoms with Gasteiger partial charge in [-0.1, -0.05) is 31.2 Å². The first-order valence-corrected chi connectivity index (χ1v) is 12.9. The number of benzene rings is 3. The first-order valence-electron chi connectivity index (χ1n) is 11.5. The van der Waals surface area contributed by atoms with Gasteiger partial charge in [-0.2, -0.15) is 4.31 Å². The largest absolute Gasteiger partial charge is 0.323 e. The molecule has 0 saturated carbocycles. The van der Waals surface area contributed by atoms with Gasteiger partial charge >= 0.3 is 6.03 Å². The second-order valence-electron chi connectivity index (χ2n) is 8.59. The van der Waals surface area contributed by atoms with E-state index in [2.05, 4.69) is 22.9 Å². The van der Waals surface area contributed by atoms with Crippen molar-refractivity contribution in [1.29, 1.82) is 0 Å². The van der Waals surface area contributed by atoms with E-state index in [-0.39, 0.29) is 10.8 Å². The minimum atomic E-state index is -3.57. The topological polar surface area (TPSA) is 108 Å². The normalized spacial score (nSPS) is 14.8. The molecule has 0 bridgehead atoms. The summed E-state index contributed by atoms with van der Waals surface area (Å²) in [4.78, 5) is 25.1. The molecule has 1 aliphatic heterocycles. The Balaban J connectivity index is 1.37. The smallest absolute Gasteiger partial charge is 0.322 e. The molecule has 3 amide bonds. The molecule has 3 aromatic rings. The van der Waals surface area contributed by atoms with Crippen molar-refractivity contribution in [1.82, 2.24) is 4.31 Å². The number of sulfonamides is 1. The van der Waals surface area contributed by atoms with Gasteiger partial charge in [0.05, 0.1) is 4.90 Å². The van der Waals surface area contributed by atoms with Crippen LogP contribution in [0.1, 0.15) is 30.1 Å². The van der Waals surface area contributed by atoms with E-state index in [9.17, 15) is 18.0 Å². The Labute approximate surface area is 205 Å². The van der Waals surface area contributed by atoms with E-state index in [1.807, 2.05) is 18.2 Å². The first kappa shape index (κ1) is 24.4. The van der Waals surface area contributed by atoms with Crippen LogP contribution in [0.15, 0.2) is 83.8 Å². The average Bonchev–Trinajstić information content (AvgIpc) is 2.85. The Hall–Kier alpha value is -3.69.